The maximum absolute atomic E-state index is 11.8. The summed E-state index contributed by atoms with van der Waals surface area (Å²) in [7, 11) is 0. The summed E-state index contributed by atoms with van der Waals surface area (Å²) in [6.07, 6.45) is 0. The Labute approximate surface area is 127 Å². The van der Waals surface area contributed by atoms with E-state index >= 15 is 0 Å². The summed E-state index contributed by atoms with van der Waals surface area (Å²) in [6.45, 7) is 2.28. The van der Waals surface area contributed by atoms with Crippen molar-refractivity contribution in [2.24, 2.45) is 0 Å². The summed E-state index contributed by atoms with van der Waals surface area (Å²) >= 11 is 2.21. The van der Waals surface area contributed by atoms with Gasteiger partial charge in [-0.05, 0) is 41.6 Å². The highest BCUT2D eigenvalue weighted by Crippen LogP contribution is 2.20. The molecule has 3 aromatic rings. The molecule has 0 saturated heterocycles. The van der Waals surface area contributed by atoms with E-state index in [1.807, 2.05) is 31.2 Å². The van der Waals surface area contributed by atoms with Gasteiger partial charge in [-0.15, -0.1) is 0 Å². The van der Waals surface area contributed by atoms with Crippen molar-refractivity contribution in [1.82, 2.24) is 19.5 Å². The number of halogens is 1. The molecule has 0 saturated carbocycles. The number of nitrogens with one attached hydrogen (secondary N) is 2. The minimum atomic E-state index is -0.445. The van der Waals surface area contributed by atoms with Gasteiger partial charge in [-0.3, -0.25) is 14.3 Å². The van der Waals surface area contributed by atoms with Crippen molar-refractivity contribution in [3.8, 4) is 11.4 Å². The number of nitrogens with zero attached hydrogens (tertiary/aromatic N) is 2. The van der Waals surface area contributed by atoms with Gasteiger partial charge < -0.3 is 4.98 Å². The van der Waals surface area contributed by atoms with Gasteiger partial charge in [-0.25, -0.2) is 9.78 Å². The molecular formula is C13H11IN4O2. The van der Waals surface area contributed by atoms with Crippen LogP contribution in [0.1, 0.15) is 6.92 Å². The number of rotatable bonds is 2. The molecular weight excluding hydrogens is 371 g/mol. The monoisotopic (exact) mass is 382 g/mol. The zero-order chi connectivity index (χ0) is 14.3. The number of aromatic amines is 2. The Kier molecular flexibility index (Phi) is 3.20. The van der Waals surface area contributed by atoms with Crippen LogP contribution in [-0.4, -0.2) is 19.5 Å². The van der Waals surface area contributed by atoms with E-state index in [1.54, 1.807) is 0 Å². The second kappa shape index (κ2) is 4.89. The number of imidazole rings is 1. The number of hydrogen-bond donors (Lipinski definition) is 2. The highest BCUT2D eigenvalue weighted by molar-refractivity contribution is 14.1. The van der Waals surface area contributed by atoms with Crippen LogP contribution in [0.25, 0.3) is 22.6 Å². The van der Waals surface area contributed by atoms with Crippen LogP contribution in [0.4, 0.5) is 0 Å². The van der Waals surface area contributed by atoms with Gasteiger partial charge in [-0.1, -0.05) is 12.1 Å². The molecule has 20 heavy (non-hydrogen) atoms. The molecule has 0 aliphatic carbocycles. The topological polar surface area (TPSA) is 83.5 Å². The molecule has 0 bridgehead atoms. The Morgan fingerprint density at radius 2 is 2.10 bits per heavy atom. The van der Waals surface area contributed by atoms with Gasteiger partial charge in [0.25, 0.3) is 5.56 Å². The fourth-order valence-electron chi connectivity index (χ4n) is 2.11. The lowest BCUT2D eigenvalue weighted by molar-refractivity contribution is 0.720. The Bertz CT molecular complexity index is 907. The average Bonchev–Trinajstić information content (AvgIpc) is 2.84. The number of benzene rings is 1. The fraction of sp³-hybridized carbons (Fsp3) is 0.154. The maximum Gasteiger partial charge on any atom is 0.330 e. The molecule has 3 rings (SSSR count). The summed E-state index contributed by atoms with van der Waals surface area (Å²) in [5.74, 6) is 0.580. The Hall–Kier alpha value is -1.90. The van der Waals surface area contributed by atoms with E-state index in [9.17, 15) is 9.59 Å². The smallest absolute Gasteiger partial charge is 0.330 e. The zero-order valence-electron chi connectivity index (χ0n) is 10.6. The highest BCUT2D eigenvalue weighted by atomic mass is 127. The van der Waals surface area contributed by atoms with Crippen molar-refractivity contribution in [1.29, 1.82) is 0 Å². The molecule has 6 nitrogen and oxygen atoms in total. The van der Waals surface area contributed by atoms with E-state index in [0.717, 1.165) is 9.13 Å². The first-order valence-electron chi connectivity index (χ1n) is 6.09. The number of hydrogen-bond acceptors (Lipinski definition) is 3. The molecule has 2 heterocycles. The standard InChI is InChI=1S/C13H11IN4O2/c1-2-18-11-9(12(19)17-13(18)20)15-10(16-11)7-4-3-5-8(14)6-7/h3-6H,2H2,1H3,(H,15,16)(H,17,19,20). The van der Waals surface area contributed by atoms with E-state index in [0.29, 0.717) is 23.5 Å². The summed E-state index contributed by atoms with van der Waals surface area (Å²) in [5.41, 5.74) is 0.697. The van der Waals surface area contributed by atoms with Crippen LogP contribution < -0.4 is 11.2 Å². The molecule has 0 aliphatic heterocycles. The second-order valence-electron chi connectivity index (χ2n) is 4.30. The van der Waals surface area contributed by atoms with Gasteiger partial charge in [-0.2, -0.15) is 0 Å². The van der Waals surface area contributed by atoms with Crippen LogP contribution in [-0.2, 0) is 6.54 Å². The first-order chi connectivity index (χ1) is 9.60. The SMILES string of the molecule is CCn1c(=O)[nH]c(=O)c2[nH]c(-c3cccc(I)c3)nc21. The lowest BCUT2D eigenvalue weighted by atomic mass is 10.2. The quantitative estimate of drug-likeness (QED) is 0.662. The van der Waals surface area contributed by atoms with E-state index in [2.05, 4.69) is 37.5 Å². The lowest BCUT2D eigenvalue weighted by Gasteiger charge is -1.99. The molecule has 0 spiro atoms. The molecule has 0 aliphatic rings. The summed E-state index contributed by atoms with van der Waals surface area (Å²) in [4.78, 5) is 33.3. The average molecular weight is 382 g/mol. The van der Waals surface area contributed by atoms with Crippen LogP contribution in [0.15, 0.2) is 33.9 Å². The Balaban J connectivity index is 2.33. The van der Waals surface area contributed by atoms with Crippen molar-refractivity contribution in [3.63, 3.8) is 0 Å². The molecule has 102 valence electrons. The molecule has 2 N–H and O–H groups in total. The van der Waals surface area contributed by atoms with Gasteiger partial charge >= 0.3 is 5.69 Å². The van der Waals surface area contributed by atoms with Crippen molar-refractivity contribution < 1.29 is 0 Å². The van der Waals surface area contributed by atoms with Crippen molar-refractivity contribution >= 4 is 33.8 Å². The van der Waals surface area contributed by atoms with Crippen LogP contribution in [0, 0.1) is 3.57 Å². The second-order valence-corrected chi connectivity index (χ2v) is 5.54. The van der Waals surface area contributed by atoms with Crippen molar-refractivity contribution in [3.05, 3.63) is 48.7 Å². The molecule has 0 radical (unpaired) electrons. The van der Waals surface area contributed by atoms with E-state index in [1.165, 1.54) is 4.57 Å². The van der Waals surface area contributed by atoms with Gasteiger partial charge in [0.15, 0.2) is 5.65 Å². The van der Waals surface area contributed by atoms with Gasteiger partial charge in [0.05, 0.1) is 0 Å². The highest BCUT2D eigenvalue weighted by Gasteiger charge is 2.13. The van der Waals surface area contributed by atoms with Crippen LogP contribution >= 0.6 is 22.6 Å². The predicted octanol–water partition coefficient (Wildman–Crippen LogP) is 1.70. The molecule has 0 atom stereocenters. The molecule has 1 aromatic carbocycles. The number of fused-ring (bicyclic) bond motifs is 1. The molecule has 2 aromatic heterocycles. The number of aromatic nitrogens is 4. The number of H-pyrrole nitrogens is 2. The first-order valence-corrected chi connectivity index (χ1v) is 7.17. The first kappa shape index (κ1) is 13.1. The summed E-state index contributed by atoms with van der Waals surface area (Å²) < 4.78 is 2.51. The third-order valence-corrected chi connectivity index (χ3v) is 3.72. The van der Waals surface area contributed by atoms with Gasteiger partial charge in [0.1, 0.15) is 11.3 Å². The van der Waals surface area contributed by atoms with Crippen molar-refractivity contribution in [2.45, 2.75) is 13.5 Å². The van der Waals surface area contributed by atoms with E-state index in [-0.39, 0.29) is 0 Å². The van der Waals surface area contributed by atoms with Crippen LogP contribution in [0.3, 0.4) is 0 Å². The van der Waals surface area contributed by atoms with Crippen LogP contribution in [0.2, 0.25) is 0 Å². The molecule has 0 fully saturated rings. The Morgan fingerprint density at radius 3 is 2.80 bits per heavy atom. The van der Waals surface area contributed by atoms with E-state index < -0.39 is 11.2 Å². The van der Waals surface area contributed by atoms with Crippen LogP contribution in [0.5, 0.6) is 0 Å². The minimum Gasteiger partial charge on any atom is -0.332 e. The molecule has 0 amide bonds. The Morgan fingerprint density at radius 1 is 1.30 bits per heavy atom. The number of aryl methyl sites for hydroxylation is 1. The fourth-order valence-corrected chi connectivity index (χ4v) is 2.65. The molecule has 0 unspecified atom stereocenters. The normalized spacial score (nSPS) is 11.1. The maximum atomic E-state index is 11.8. The van der Waals surface area contributed by atoms with Gasteiger partial charge in [0.2, 0.25) is 0 Å². The minimum absolute atomic E-state index is 0.320. The summed E-state index contributed by atoms with van der Waals surface area (Å²) in [5, 5.41) is 0. The summed E-state index contributed by atoms with van der Waals surface area (Å²) in [6, 6.07) is 7.76. The van der Waals surface area contributed by atoms with Gasteiger partial charge in [0, 0.05) is 15.7 Å². The van der Waals surface area contributed by atoms with Crippen molar-refractivity contribution in [2.75, 3.05) is 0 Å². The zero-order valence-corrected chi connectivity index (χ0v) is 12.8. The molecule has 7 heteroatoms. The third kappa shape index (κ3) is 2.07. The third-order valence-electron chi connectivity index (χ3n) is 3.05. The van der Waals surface area contributed by atoms with E-state index in [4.69, 9.17) is 0 Å². The predicted molar refractivity (Wildman–Crippen MR) is 84.8 cm³/mol. The largest absolute Gasteiger partial charge is 0.332 e. The lowest BCUT2D eigenvalue weighted by Crippen LogP contribution is -2.29.